The molecule has 0 aromatic heterocycles. The maximum absolute atomic E-state index is 11.7. The van der Waals surface area contributed by atoms with Crippen molar-refractivity contribution < 1.29 is 4.79 Å². The zero-order valence-corrected chi connectivity index (χ0v) is 11.4. The number of carbonyl (C=O) groups is 1. The van der Waals surface area contributed by atoms with Gasteiger partial charge in [-0.2, -0.15) is 0 Å². The summed E-state index contributed by atoms with van der Waals surface area (Å²) in [6.07, 6.45) is 0. The van der Waals surface area contributed by atoms with Crippen molar-refractivity contribution in [1.82, 2.24) is 0 Å². The molecule has 1 nitrogen and oxygen atoms in total. The molecule has 0 unspecified atom stereocenters. The van der Waals surface area contributed by atoms with Crippen molar-refractivity contribution in [1.29, 1.82) is 0 Å². The summed E-state index contributed by atoms with van der Waals surface area (Å²) < 4.78 is 4.29. The molecule has 17 heavy (non-hydrogen) atoms. The molecule has 2 rings (SSSR count). The van der Waals surface area contributed by atoms with E-state index in [9.17, 15) is 4.79 Å². The van der Waals surface area contributed by atoms with Crippen molar-refractivity contribution in [2.75, 3.05) is 0 Å². The van der Waals surface area contributed by atoms with Gasteiger partial charge < -0.3 is 0 Å². The van der Waals surface area contributed by atoms with Gasteiger partial charge in [0.25, 0.3) is 0 Å². The van der Waals surface area contributed by atoms with Crippen LogP contribution in [0.3, 0.4) is 0 Å². The summed E-state index contributed by atoms with van der Waals surface area (Å²) in [4.78, 5) is 11.7. The molecule has 2 aromatic carbocycles. The second-order valence-corrected chi connectivity index (χ2v) is 5.85. The molecule has 0 spiro atoms. The van der Waals surface area contributed by atoms with Crippen LogP contribution in [0.2, 0.25) is 0 Å². The Labute approximate surface area is 111 Å². The van der Waals surface area contributed by atoms with Crippen LogP contribution in [0, 0.1) is 9.89 Å². The molecule has 0 aliphatic rings. The normalized spacial score (nSPS) is 9.18. The van der Waals surface area contributed by atoms with E-state index in [-0.39, 0.29) is 5.78 Å². The van der Waals surface area contributed by atoms with E-state index in [0.29, 0.717) is 5.56 Å². The first-order chi connectivity index (χ1) is 8.36. The van der Waals surface area contributed by atoms with Gasteiger partial charge in [-0.1, -0.05) is 0 Å². The zero-order valence-electron chi connectivity index (χ0n) is 9.09. The molecule has 0 bridgehead atoms. The monoisotopic (exact) mass is 336 g/mol. The molecular weight excluding hydrogens is 324 g/mol. The minimum absolute atomic E-state index is 0.0911. The first-order valence-electron chi connectivity index (χ1n) is 5.18. The van der Waals surface area contributed by atoms with E-state index in [4.69, 9.17) is 0 Å². The van der Waals surface area contributed by atoms with Gasteiger partial charge >= 0.3 is 111 Å². The average Bonchev–Trinajstić information content (AvgIpc) is 2.41. The second kappa shape index (κ2) is 6.26. The summed E-state index contributed by atoms with van der Waals surface area (Å²) in [7, 11) is 0. The zero-order chi connectivity index (χ0) is 11.9. The molecule has 0 atom stereocenters. The van der Waals surface area contributed by atoms with Crippen molar-refractivity contribution in [3.05, 3.63) is 66.2 Å². The van der Waals surface area contributed by atoms with Crippen molar-refractivity contribution in [2.45, 2.75) is 0 Å². The van der Waals surface area contributed by atoms with Crippen molar-refractivity contribution in [2.24, 2.45) is 0 Å². The average molecular weight is 334 g/mol. The fourth-order valence-electron chi connectivity index (χ4n) is 1.28. The molecule has 0 N–H and O–H groups in total. The van der Waals surface area contributed by atoms with Crippen LogP contribution in [-0.2, 0) is 0 Å². The van der Waals surface area contributed by atoms with E-state index in [0.717, 1.165) is 0 Å². The molecule has 2 aromatic rings. The Morgan fingerprint density at radius 2 is 1.47 bits per heavy atom. The molecule has 0 fully saturated rings. The Morgan fingerprint density at radius 3 is 2.12 bits per heavy atom. The predicted molar refractivity (Wildman–Crippen MR) is 70.4 cm³/mol. The fraction of sp³-hybridized carbons (Fsp3) is 0. The summed E-state index contributed by atoms with van der Waals surface area (Å²) in [5.41, 5.74) is 0.667. The van der Waals surface area contributed by atoms with E-state index >= 15 is 0 Å². The Hall–Kier alpha value is -1.54. The third kappa shape index (κ3) is 3.75. The third-order valence-corrected chi connectivity index (χ3v) is 4.14. The van der Waals surface area contributed by atoms with Crippen LogP contribution in [0.5, 0.6) is 0 Å². The van der Waals surface area contributed by atoms with Gasteiger partial charge in [-0.3, -0.25) is 0 Å². The standard InChI is InChI=1S/C15H10OTe/c16-15(13-7-3-1-4-8-13)11-12-17-14-9-5-2-6-10-14/h1-10H. The quantitative estimate of drug-likeness (QED) is 0.466. The molecule has 0 heterocycles. The van der Waals surface area contributed by atoms with Crippen LogP contribution in [0.1, 0.15) is 10.4 Å². The molecular formula is C15H10OTe. The third-order valence-electron chi connectivity index (χ3n) is 2.11. The number of hydrogen-bond acceptors (Lipinski definition) is 1. The molecule has 82 valence electrons. The van der Waals surface area contributed by atoms with Crippen LogP contribution >= 0.6 is 0 Å². The number of carbonyl (C=O) groups excluding carboxylic acids is 1. The van der Waals surface area contributed by atoms with Gasteiger partial charge in [-0.25, -0.2) is 0 Å². The maximum atomic E-state index is 11.7. The Morgan fingerprint density at radius 1 is 0.882 bits per heavy atom. The van der Waals surface area contributed by atoms with E-state index in [1.807, 2.05) is 36.4 Å². The van der Waals surface area contributed by atoms with E-state index in [1.54, 1.807) is 12.1 Å². The van der Waals surface area contributed by atoms with Crippen LogP contribution in [-0.4, -0.2) is 26.7 Å². The molecule has 0 saturated heterocycles. The number of hydrogen-bond donors (Lipinski definition) is 0. The van der Waals surface area contributed by atoms with E-state index < -0.39 is 20.9 Å². The molecule has 0 aliphatic carbocycles. The van der Waals surface area contributed by atoms with Crippen LogP contribution in [0.4, 0.5) is 0 Å². The first-order valence-corrected chi connectivity index (χ1v) is 7.51. The van der Waals surface area contributed by atoms with Crippen molar-refractivity contribution in [3.8, 4) is 9.89 Å². The first kappa shape index (κ1) is 11.9. The van der Waals surface area contributed by atoms with Crippen LogP contribution in [0.25, 0.3) is 0 Å². The Bertz CT molecular complexity index is 550. The number of rotatable bonds is 2. The van der Waals surface area contributed by atoms with Gasteiger partial charge in [0.1, 0.15) is 0 Å². The number of ketones is 1. The second-order valence-electron chi connectivity index (χ2n) is 3.34. The summed E-state index contributed by atoms with van der Waals surface area (Å²) in [6, 6.07) is 19.3. The van der Waals surface area contributed by atoms with Crippen molar-refractivity contribution in [3.63, 3.8) is 0 Å². The van der Waals surface area contributed by atoms with Gasteiger partial charge in [0.05, 0.1) is 0 Å². The Balaban J connectivity index is 2.01. The van der Waals surface area contributed by atoms with E-state index in [2.05, 4.69) is 22.0 Å². The summed E-state index contributed by atoms with van der Waals surface area (Å²) in [5.74, 6) is 2.63. The van der Waals surface area contributed by atoms with Gasteiger partial charge in [0, 0.05) is 0 Å². The van der Waals surface area contributed by atoms with Crippen LogP contribution in [0.15, 0.2) is 60.7 Å². The molecule has 0 aliphatic heterocycles. The molecule has 2 heteroatoms. The SMILES string of the molecule is O=C(C#C[Te]c1ccccc1)c1ccccc1. The molecule has 0 radical (unpaired) electrons. The molecule has 0 saturated carbocycles. The van der Waals surface area contributed by atoms with Crippen LogP contribution < -0.4 is 3.61 Å². The topological polar surface area (TPSA) is 17.1 Å². The summed E-state index contributed by atoms with van der Waals surface area (Å²) in [6.45, 7) is 0. The van der Waals surface area contributed by atoms with Crippen molar-refractivity contribution >= 4 is 30.3 Å². The van der Waals surface area contributed by atoms with E-state index in [1.165, 1.54) is 3.61 Å². The summed E-state index contributed by atoms with van der Waals surface area (Å²) in [5, 5.41) is 0. The van der Waals surface area contributed by atoms with Gasteiger partial charge in [0.15, 0.2) is 0 Å². The number of benzene rings is 2. The summed E-state index contributed by atoms with van der Waals surface area (Å²) >= 11 is -0.561. The number of Topliss-reactive ketones (excluding diaryl/α,β-unsaturated/α-hetero) is 1. The fourth-order valence-corrected chi connectivity index (χ4v) is 2.86. The minimum atomic E-state index is -0.561. The van der Waals surface area contributed by atoms with Gasteiger partial charge in [0.2, 0.25) is 0 Å². The molecule has 0 amide bonds. The van der Waals surface area contributed by atoms with Gasteiger partial charge in [-0.05, 0) is 0 Å². The Kier molecular flexibility index (Phi) is 4.39. The predicted octanol–water partition coefficient (Wildman–Crippen LogP) is 1.86. The van der Waals surface area contributed by atoms with Gasteiger partial charge in [-0.15, -0.1) is 0 Å².